The van der Waals surface area contributed by atoms with Crippen LogP contribution < -0.4 is 5.32 Å². The summed E-state index contributed by atoms with van der Waals surface area (Å²) in [5.74, 6) is 1.31. The molecule has 2 heterocycles. The second-order valence-corrected chi connectivity index (χ2v) is 4.78. The third-order valence-corrected chi connectivity index (χ3v) is 3.16. The van der Waals surface area contributed by atoms with Crippen LogP contribution in [0.1, 0.15) is 18.3 Å². The molecule has 0 amide bonds. The van der Waals surface area contributed by atoms with Gasteiger partial charge in [0.15, 0.2) is 5.82 Å². The normalized spacial score (nSPS) is 10.6. The van der Waals surface area contributed by atoms with Crippen LogP contribution in [0, 0.1) is 0 Å². The largest absolute Gasteiger partial charge is 0.374 e. The van der Waals surface area contributed by atoms with E-state index in [2.05, 4.69) is 26.7 Å². The van der Waals surface area contributed by atoms with Crippen molar-refractivity contribution in [1.82, 2.24) is 9.97 Å². The molecule has 0 bridgehead atoms. The van der Waals surface area contributed by atoms with Crippen LogP contribution in [0.2, 0.25) is 5.15 Å². The highest BCUT2D eigenvalue weighted by molar-refractivity contribution is 7.07. The fourth-order valence-corrected chi connectivity index (χ4v) is 2.27. The van der Waals surface area contributed by atoms with Crippen LogP contribution in [0.15, 0.2) is 22.9 Å². The van der Waals surface area contributed by atoms with Crippen molar-refractivity contribution in [1.29, 1.82) is 0 Å². The molecular formula is C12H14ClN3OS. The van der Waals surface area contributed by atoms with E-state index in [-0.39, 0.29) is 0 Å². The van der Waals surface area contributed by atoms with Crippen LogP contribution >= 0.6 is 22.9 Å². The van der Waals surface area contributed by atoms with Gasteiger partial charge in [0.05, 0.1) is 0 Å². The molecule has 0 aromatic carbocycles. The Morgan fingerprint density at radius 1 is 1.44 bits per heavy atom. The Bertz CT molecular complexity index is 490. The molecule has 18 heavy (non-hydrogen) atoms. The number of thiophene rings is 1. The van der Waals surface area contributed by atoms with Crippen LogP contribution in [0.4, 0.5) is 5.82 Å². The molecule has 0 saturated carbocycles. The summed E-state index contributed by atoms with van der Waals surface area (Å²) in [5.41, 5.74) is 1.22. The second-order valence-electron chi connectivity index (χ2n) is 3.61. The molecule has 2 rings (SSSR count). The number of rotatable bonds is 6. The molecule has 0 aliphatic heterocycles. The van der Waals surface area contributed by atoms with Gasteiger partial charge in [-0.3, -0.25) is 0 Å². The van der Waals surface area contributed by atoms with E-state index in [9.17, 15) is 0 Å². The second kappa shape index (κ2) is 6.68. The number of nitrogens with one attached hydrogen (secondary N) is 1. The average Bonchev–Trinajstić information content (AvgIpc) is 2.86. The standard InChI is InChI=1S/C12H14ClN3OS/c1-2-17-7-12-15-10(13)5-11(16-12)14-6-9-3-4-18-8-9/h3-5,8H,2,6-7H2,1H3,(H,14,15,16). The van der Waals surface area contributed by atoms with Crippen molar-refractivity contribution in [2.75, 3.05) is 11.9 Å². The third kappa shape index (κ3) is 3.94. The Labute approximate surface area is 115 Å². The zero-order valence-corrected chi connectivity index (χ0v) is 11.6. The van der Waals surface area contributed by atoms with E-state index in [1.165, 1.54) is 5.56 Å². The van der Waals surface area contributed by atoms with Crippen molar-refractivity contribution >= 4 is 28.8 Å². The number of aromatic nitrogens is 2. The monoisotopic (exact) mass is 283 g/mol. The predicted octanol–water partition coefficient (Wildman–Crippen LogP) is 3.34. The summed E-state index contributed by atoms with van der Waals surface area (Å²) >= 11 is 7.62. The molecule has 0 radical (unpaired) electrons. The maximum atomic E-state index is 5.94. The Morgan fingerprint density at radius 2 is 2.33 bits per heavy atom. The fourth-order valence-electron chi connectivity index (χ4n) is 1.40. The van der Waals surface area contributed by atoms with E-state index in [4.69, 9.17) is 16.3 Å². The molecule has 0 fully saturated rings. The number of halogens is 1. The number of anilines is 1. The lowest BCUT2D eigenvalue weighted by Gasteiger charge is -2.07. The van der Waals surface area contributed by atoms with Gasteiger partial charge < -0.3 is 10.1 Å². The van der Waals surface area contributed by atoms with Crippen molar-refractivity contribution in [2.24, 2.45) is 0 Å². The van der Waals surface area contributed by atoms with Gasteiger partial charge in [0.1, 0.15) is 17.6 Å². The van der Waals surface area contributed by atoms with E-state index < -0.39 is 0 Å². The molecule has 4 nitrogen and oxygen atoms in total. The van der Waals surface area contributed by atoms with Crippen LogP contribution in [0.5, 0.6) is 0 Å². The first-order valence-electron chi connectivity index (χ1n) is 5.64. The molecule has 2 aromatic rings. The summed E-state index contributed by atoms with van der Waals surface area (Å²) < 4.78 is 5.27. The van der Waals surface area contributed by atoms with Crippen molar-refractivity contribution in [2.45, 2.75) is 20.1 Å². The summed E-state index contributed by atoms with van der Waals surface area (Å²) in [4.78, 5) is 8.45. The number of ether oxygens (including phenoxy) is 1. The van der Waals surface area contributed by atoms with Crippen molar-refractivity contribution in [3.8, 4) is 0 Å². The van der Waals surface area contributed by atoms with Gasteiger partial charge in [-0.15, -0.1) is 0 Å². The summed E-state index contributed by atoms with van der Waals surface area (Å²) in [6.07, 6.45) is 0. The van der Waals surface area contributed by atoms with Gasteiger partial charge in [-0.1, -0.05) is 11.6 Å². The maximum Gasteiger partial charge on any atom is 0.158 e. The first-order valence-corrected chi connectivity index (χ1v) is 6.96. The highest BCUT2D eigenvalue weighted by atomic mass is 35.5. The average molecular weight is 284 g/mol. The zero-order chi connectivity index (χ0) is 12.8. The van der Waals surface area contributed by atoms with Gasteiger partial charge >= 0.3 is 0 Å². The molecule has 0 aliphatic carbocycles. The Balaban J connectivity index is 2.00. The van der Waals surface area contributed by atoms with Crippen LogP contribution in [-0.2, 0) is 17.9 Å². The molecular weight excluding hydrogens is 270 g/mol. The molecule has 6 heteroatoms. The van der Waals surface area contributed by atoms with E-state index in [1.54, 1.807) is 17.4 Å². The van der Waals surface area contributed by atoms with Crippen molar-refractivity contribution in [3.63, 3.8) is 0 Å². The number of hydrogen-bond acceptors (Lipinski definition) is 5. The number of nitrogens with zero attached hydrogens (tertiary/aromatic N) is 2. The molecule has 96 valence electrons. The topological polar surface area (TPSA) is 47.0 Å². The van der Waals surface area contributed by atoms with Gasteiger partial charge in [0, 0.05) is 19.2 Å². The smallest absolute Gasteiger partial charge is 0.158 e. The predicted molar refractivity (Wildman–Crippen MR) is 74.0 cm³/mol. The summed E-state index contributed by atoms with van der Waals surface area (Å²) in [6.45, 7) is 3.67. The minimum atomic E-state index is 0.379. The van der Waals surface area contributed by atoms with Gasteiger partial charge in [-0.25, -0.2) is 9.97 Å². The quantitative estimate of drug-likeness (QED) is 0.826. The SMILES string of the molecule is CCOCc1nc(Cl)cc(NCc2ccsc2)n1. The first kappa shape index (κ1) is 13.3. The van der Waals surface area contributed by atoms with Gasteiger partial charge in [-0.2, -0.15) is 11.3 Å². The highest BCUT2D eigenvalue weighted by Gasteiger charge is 2.03. The molecule has 0 atom stereocenters. The Morgan fingerprint density at radius 3 is 3.06 bits per heavy atom. The van der Waals surface area contributed by atoms with E-state index in [0.717, 1.165) is 12.4 Å². The summed E-state index contributed by atoms with van der Waals surface area (Å²) in [6, 6.07) is 3.78. The third-order valence-electron chi connectivity index (χ3n) is 2.23. The molecule has 0 unspecified atom stereocenters. The van der Waals surface area contributed by atoms with Crippen molar-refractivity contribution in [3.05, 3.63) is 39.4 Å². The van der Waals surface area contributed by atoms with Crippen LogP contribution in [-0.4, -0.2) is 16.6 Å². The van der Waals surface area contributed by atoms with Gasteiger partial charge in [-0.05, 0) is 29.3 Å². The summed E-state index contributed by atoms with van der Waals surface area (Å²) in [5, 5.41) is 7.78. The highest BCUT2D eigenvalue weighted by Crippen LogP contribution is 2.14. The molecule has 0 spiro atoms. The van der Waals surface area contributed by atoms with Crippen molar-refractivity contribution < 1.29 is 4.74 Å². The van der Waals surface area contributed by atoms with Crippen LogP contribution in [0.25, 0.3) is 0 Å². The lowest BCUT2D eigenvalue weighted by atomic mass is 10.3. The Hall–Kier alpha value is -1.17. The number of hydrogen-bond donors (Lipinski definition) is 1. The van der Waals surface area contributed by atoms with E-state index >= 15 is 0 Å². The summed E-state index contributed by atoms with van der Waals surface area (Å²) in [7, 11) is 0. The van der Waals surface area contributed by atoms with Gasteiger partial charge in [0.2, 0.25) is 0 Å². The minimum Gasteiger partial charge on any atom is -0.374 e. The van der Waals surface area contributed by atoms with Gasteiger partial charge in [0.25, 0.3) is 0 Å². The van der Waals surface area contributed by atoms with Crippen LogP contribution in [0.3, 0.4) is 0 Å². The molecule has 1 N–H and O–H groups in total. The minimum absolute atomic E-state index is 0.379. The lowest BCUT2D eigenvalue weighted by molar-refractivity contribution is 0.128. The first-order chi connectivity index (χ1) is 8.78. The van der Waals surface area contributed by atoms with E-state index in [0.29, 0.717) is 24.2 Å². The molecule has 0 aliphatic rings. The maximum absolute atomic E-state index is 5.94. The Kier molecular flexibility index (Phi) is 4.92. The fraction of sp³-hybridized carbons (Fsp3) is 0.333. The molecule has 2 aromatic heterocycles. The lowest BCUT2D eigenvalue weighted by Crippen LogP contribution is -2.05. The molecule has 0 saturated heterocycles. The zero-order valence-electron chi connectivity index (χ0n) is 10.0. The van der Waals surface area contributed by atoms with E-state index in [1.807, 2.05) is 12.3 Å².